The molecule has 0 aliphatic carbocycles. The minimum absolute atomic E-state index is 0.000926. The second kappa shape index (κ2) is 5.80. The highest BCUT2D eigenvalue weighted by Crippen LogP contribution is 2.20. The van der Waals surface area contributed by atoms with Gasteiger partial charge in [-0.25, -0.2) is 0 Å². The topological polar surface area (TPSA) is 43.4 Å². The van der Waals surface area contributed by atoms with Gasteiger partial charge in [0.15, 0.2) is 5.78 Å². The predicted octanol–water partition coefficient (Wildman–Crippen LogP) is 2.99. The van der Waals surface area contributed by atoms with Crippen molar-refractivity contribution in [2.24, 2.45) is 5.92 Å². The lowest BCUT2D eigenvalue weighted by atomic mass is 9.91. The van der Waals surface area contributed by atoms with Crippen molar-refractivity contribution in [3.05, 3.63) is 34.4 Å². The Balaban J connectivity index is 2.97. The van der Waals surface area contributed by atoms with Crippen molar-refractivity contribution >= 4 is 11.8 Å². The molecule has 0 spiro atoms. The molecule has 0 radical (unpaired) electrons. The molecule has 98 valence electrons. The maximum atomic E-state index is 12.3. The van der Waals surface area contributed by atoms with Gasteiger partial charge in [0, 0.05) is 11.5 Å². The van der Waals surface area contributed by atoms with E-state index in [9.17, 15) is 9.59 Å². The Labute approximate surface area is 108 Å². The summed E-state index contributed by atoms with van der Waals surface area (Å²) in [6.45, 7) is 7.68. The highest BCUT2D eigenvalue weighted by atomic mass is 16.5. The molecule has 0 aliphatic heterocycles. The number of rotatable bonds is 4. The van der Waals surface area contributed by atoms with E-state index in [1.54, 1.807) is 6.92 Å². The number of carbonyl (C=O) groups excluding carboxylic acids is 2. The molecule has 18 heavy (non-hydrogen) atoms. The number of hydrogen-bond donors (Lipinski definition) is 0. The molecule has 1 atom stereocenters. The fourth-order valence-corrected chi connectivity index (χ4v) is 1.92. The average molecular weight is 248 g/mol. The highest BCUT2D eigenvalue weighted by molar-refractivity contribution is 6.00. The van der Waals surface area contributed by atoms with Crippen molar-refractivity contribution in [2.45, 2.75) is 34.1 Å². The van der Waals surface area contributed by atoms with E-state index in [4.69, 9.17) is 0 Å². The number of esters is 1. The van der Waals surface area contributed by atoms with Gasteiger partial charge in [-0.3, -0.25) is 9.59 Å². The van der Waals surface area contributed by atoms with Crippen LogP contribution >= 0.6 is 0 Å². The molecule has 3 nitrogen and oxygen atoms in total. The summed E-state index contributed by atoms with van der Waals surface area (Å²) in [7, 11) is 1.33. The molecule has 0 N–H and O–H groups in total. The number of methoxy groups -OCH3 is 1. The van der Waals surface area contributed by atoms with Crippen molar-refractivity contribution in [3.8, 4) is 0 Å². The fraction of sp³-hybridized carbons (Fsp3) is 0.467. The number of ketones is 1. The molecule has 1 unspecified atom stereocenters. The van der Waals surface area contributed by atoms with E-state index in [0.717, 1.165) is 11.1 Å². The minimum atomic E-state index is -0.350. The molecule has 0 bridgehead atoms. The van der Waals surface area contributed by atoms with E-state index < -0.39 is 0 Å². The number of benzene rings is 1. The normalized spacial score (nSPS) is 12.1. The highest BCUT2D eigenvalue weighted by Gasteiger charge is 2.20. The lowest BCUT2D eigenvalue weighted by molar-refractivity contribution is -0.141. The molecule has 0 amide bonds. The van der Waals surface area contributed by atoms with Crippen LogP contribution < -0.4 is 0 Å². The van der Waals surface area contributed by atoms with Crippen LogP contribution in [0.1, 0.15) is 40.4 Å². The molecular weight excluding hydrogens is 228 g/mol. The third-order valence-corrected chi connectivity index (χ3v) is 3.25. The Morgan fingerprint density at radius 2 is 1.67 bits per heavy atom. The average Bonchev–Trinajstić information content (AvgIpc) is 2.32. The molecule has 1 aromatic carbocycles. The first-order valence-corrected chi connectivity index (χ1v) is 6.05. The zero-order valence-corrected chi connectivity index (χ0v) is 11.7. The first-order chi connectivity index (χ1) is 8.36. The molecule has 1 aromatic rings. The monoisotopic (exact) mass is 248 g/mol. The van der Waals surface area contributed by atoms with Crippen LogP contribution in [-0.4, -0.2) is 18.9 Å². The number of ether oxygens (including phenoxy) is 1. The van der Waals surface area contributed by atoms with Crippen molar-refractivity contribution in [1.29, 1.82) is 0 Å². The Hall–Kier alpha value is -1.64. The summed E-state index contributed by atoms with van der Waals surface area (Å²) in [5.41, 5.74) is 3.92. The first kappa shape index (κ1) is 14.4. The molecule has 0 heterocycles. The first-order valence-electron chi connectivity index (χ1n) is 6.05. The summed E-state index contributed by atoms with van der Waals surface area (Å²) in [4.78, 5) is 23.5. The van der Waals surface area contributed by atoms with E-state index in [-0.39, 0.29) is 24.1 Å². The zero-order valence-electron chi connectivity index (χ0n) is 11.7. The predicted molar refractivity (Wildman–Crippen MR) is 70.8 cm³/mol. The maximum Gasteiger partial charge on any atom is 0.306 e. The van der Waals surface area contributed by atoms with Crippen LogP contribution in [0.15, 0.2) is 12.1 Å². The van der Waals surface area contributed by atoms with Crippen LogP contribution in [0, 0.1) is 26.7 Å². The van der Waals surface area contributed by atoms with Crippen LogP contribution in [0.2, 0.25) is 0 Å². The summed E-state index contributed by atoms with van der Waals surface area (Å²) in [5, 5.41) is 0. The van der Waals surface area contributed by atoms with Gasteiger partial charge in [-0.05, 0) is 43.5 Å². The Morgan fingerprint density at radius 3 is 2.22 bits per heavy atom. The van der Waals surface area contributed by atoms with Gasteiger partial charge in [-0.1, -0.05) is 13.0 Å². The largest absolute Gasteiger partial charge is 0.469 e. The standard InChI is InChI=1S/C15H20O3/c1-9-6-11(3)13(7-10(9)2)15(17)12(4)8-14(16)18-5/h6-7,12H,8H2,1-5H3. The molecule has 3 heteroatoms. The van der Waals surface area contributed by atoms with Crippen LogP contribution in [0.4, 0.5) is 0 Å². The van der Waals surface area contributed by atoms with Crippen molar-refractivity contribution < 1.29 is 14.3 Å². The fourth-order valence-electron chi connectivity index (χ4n) is 1.92. The molecule has 0 aromatic heterocycles. The lowest BCUT2D eigenvalue weighted by Crippen LogP contribution is -2.17. The van der Waals surface area contributed by atoms with Gasteiger partial charge in [0.1, 0.15) is 0 Å². The molecule has 1 rings (SSSR count). The summed E-state index contributed by atoms with van der Waals surface area (Å²) >= 11 is 0. The summed E-state index contributed by atoms with van der Waals surface area (Å²) < 4.78 is 4.59. The number of carbonyl (C=O) groups is 2. The smallest absolute Gasteiger partial charge is 0.306 e. The van der Waals surface area contributed by atoms with E-state index in [2.05, 4.69) is 4.74 Å². The molecule has 0 fully saturated rings. The second-order valence-corrected chi connectivity index (χ2v) is 4.80. The van der Waals surface area contributed by atoms with E-state index >= 15 is 0 Å². The van der Waals surface area contributed by atoms with Crippen LogP contribution in [0.25, 0.3) is 0 Å². The zero-order chi connectivity index (χ0) is 13.9. The SMILES string of the molecule is COC(=O)CC(C)C(=O)c1cc(C)c(C)cc1C. The van der Waals surface area contributed by atoms with Gasteiger partial charge >= 0.3 is 5.97 Å². The Bertz CT molecular complexity index is 475. The summed E-state index contributed by atoms with van der Waals surface area (Å²) in [5.74, 6) is -0.698. The quantitative estimate of drug-likeness (QED) is 0.607. The number of aryl methyl sites for hydroxylation is 3. The van der Waals surface area contributed by atoms with E-state index in [1.807, 2.05) is 32.9 Å². The Kier molecular flexibility index (Phi) is 4.65. The van der Waals surface area contributed by atoms with Crippen LogP contribution in [-0.2, 0) is 9.53 Å². The van der Waals surface area contributed by atoms with Gasteiger partial charge in [0.05, 0.1) is 13.5 Å². The van der Waals surface area contributed by atoms with Crippen LogP contribution in [0.5, 0.6) is 0 Å². The molecule has 0 saturated carbocycles. The minimum Gasteiger partial charge on any atom is -0.469 e. The maximum absolute atomic E-state index is 12.3. The van der Waals surface area contributed by atoms with E-state index in [0.29, 0.717) is 5.56 Å². The van der Waals surface area contributed by atoms with Gasteiger partial charge in [0.25, 0.3) is 0 Å². The van der Waals surface area contributed by atoms with Crippen molar-refractivity contribution in [2.75, 3.05) is 7.11 Å². The summed E-state index contributed by atoms with van der Waals surface area (Å²) in [6.07, 6.45) is 0.127. The van der Waals surface area contributed by atoms with Crippen LogP contribution in [0.3, 0.4) is 0 Å². The Morgan fingerprint density at radius 1 is 1.11 bits per heavy atom. The lowest BCUT2D eigenvalue weighted by Gasteiger charge is -2.13. The molecular formula is C15H20O3. The van der Waals surface area contributed by atoms with Crippen molar-refractivity contribution in [1.82, 2.24) is 0 Å². The number of hydrogen-bond acceptors (Lipinski definition) is 3. The summed E-state index contributed by atoms with van der Waals surface area (Å²) in [6, 6.07) is 3.91. The van der Waals surface area contributed by atoms with Crippen molar-refractivity contribution in [3.63, 3.8) is 0 Å². The molecule has 0 saturated heterocycles. The number of Topliss-reactive ketones (excluding diaryl/α,β-unsaturated/α-hetero) is 1. The third kappa shape index (κ3) is 3.19. The third-order valence-electron chi connectivity index (χ3n) is 3.25. The van der Waals surface area contributed by atoms with Gasteiger partial charge < -0.3 is 4.74 Å². The van der Waals surface area contributed by atoms with Gasteiger partial charge in [0.2, 0.25) is 0 Å². The second-order valence-electron chi connectivity index (χ2n) is 4.80. The van der Waals surface area contributed by atoms with Gasteiger partial charge in [-0.15, -0.1) is 0 Å². The van der Waals surface area contributed by atoms with Gasteiger partial charge in [-0.2, -0.15) is 0 Å². The van der Waals surface area contributed by atoms with E-state index in [1.165, 1.54) is 12.7 Å². The molecule has 0 aliphatic rings.